The van der Waals surface area contributed by atoms with E-state index in [2.05, 4.69) is 42.4 Å². The van der Waals surface area contributed by atoms with Gasteiger partial charge in [0, 0.05) is 10.0 Å². The molecule has 5 heteroatoms. The van der Waals surface area contributed by atoms with Gasteiger partial charge in [-0.3, -0.25) is 5.43 Å². The van der Waals surface area contributed by atoms with E-state index in [1.807, 2.05) is 43.3 Å². The fourth-order valence-corrected chi connectivity index (χ4v) is 2.79. The summed E-state index contributed by atoms with van der Waals surface area (Å²) in [5, 5.41) is 14.3. The molecule has 0 aliphatic rings. The van der Waals surface area contributed by atoms with E-state index in [4.69, 9.17) is 0 Å². The van der Waals surface area contributed by atoms with Gasteiger partial charge in [0.25, 0.3) is 0 Å². The third-order valence-corrected chi connectivity index (χ3v) is 3.61. The van der Waals surface area contributed by atoms with E-state index >= 15 is 0 Å². The number of nitrogens with zero attached hydrogens (tertiary/aromatic N) is 1. The number of phenols is 1. The van der Waals surface area contributed by atoms with Gasteiger partial charge in [0.15, 0.2) is 0 Å². The van der Waals surface area contributed by atoms with Crippen LogP contribution in [0.1, 0.15) is 12.5 Å². The van der Waals surface area contributed by atoms with Crippen LogP contribution in [0.15, 0.2) is 56.5 Å². The van der Waals surface area contributed by atoms with Gasteiger partial charge in [-0.2, -0.15) is 5.10 Å². The van der Waals surface area contributed by atoms with Gasteiger partial charge >= 0.3 is 0 Å². The van der Waals surface area contributed by atoms with Crippen molar-refractivity contribution in [2.45, 2.75) is 6.92 Å². The zero-order chi connectivity index (χ0) is 13.8. The van der Waals surface area contributed by atoms with E-state index in [9.17, 15) is 5.11 Å². The first-order valence-electron chi connectivity index (χ1n) is 5.61. The SMILES string of the molecule is CC(=NNc1ccccc1)c1cc(Br)cc(Br)c1O. The summed E-state index contributed by atoms with van der Waals surface area (Å²) in [6, 6.07) is 13.3. The van der Waals surface area contributed by atoms with Crippen LogP contribution in [0.5, 0.6) is 5.75 Å². The number of aromatic hydroxyl groups is 1. The Kier molecular flexibility index (Phi) is 4.61. The molecule has 0 spiro atoms. The van der Waals surface area contributed by atoms with Crippen LogP contribution in [0, 0.1) is 0 Å². The second-order valence-electron chi connectivity index (χ2n) is 3.96. The van der Waals surface area contributed by atoms with Crippen molar-refractivity contribution in [1.29, 1.82) is 0 Å². The van der Waals surface area contributed by atoms with Crippen LogP contribution in [-0.4, -0.2) is 10.8 Å². The average molecular weight is 384 g/mol. The Hall–Kier alpha value is -1.33. The van der Waals surface area contributed by atoms with Gasteiger partial charge in [-0.1, -0.05) is 34.1 Å². The minimum atomic E-state index is 0.180. The summed E-state index contributed by atoms with van der Waals surface area (Å²) in [5.74, 6) is 0.180. The molecule has 0 heterocycles. The number of phenolic OH excluding ortho intramolecular Hbond substituents is 1. The van der Waals surface area contributed by atoms with Crippen molar-refractivity contribution in [3.8, 4) is 5.75 Å². The molecule has 0 aromatic heterocycles. The third kappa shape index (κ3) is 3.58. The van der Waals surface area contributed by atoms with Crippen molar-refractivity contribution >= 4 is 43.3 Å². The maximum atomic E-state index is 10.0. The largest absolute Gasteiger partial charge is 0.506 e. The first-order chi connectivity index (χ1) is 9.08. The van der Waals surface area contributed by atoms with Crippen molar-refractivity contribution in [2.24, 2.45) is 5.10 Å². The Balaban J connectivity index is 2.27. The molecule has 98 valence electrons. The van der Waals surface area contributed by atoms with Crippen molar-refractivity contribution in [2.75, 3.05) is 5.43 Å². The molecule has 19 heavy (non-hydrogen) atoms. The van der Waals surface area contributed by atoms with Crippen LogP contribution >= 0.6 is 31.9 Å². The lowest BCUT2D eigenvalue weighted by Gasteiger charge is -2.08. The van der Waals surface area contributed by atoms with Crippen molar-refractivity contribution < 1.29 is 5.11 Å². The molecule has 0 fully saturated rings. The maximum absolute atomic E-state index is 10.0. The highest BCUT2D eigenvalue weighted by Gasteiger charge is 2.10. The summed E-state index contributed by atoms with van der Waals surface area (Å²) in [6.07, 6.45) is 0. The first-order valence-corrected chi connectivity index (χ1v) is 7.20. The maximum Gasteiger partial charge on any atom is 0.138 e. The summed E-state index contributed by atoms with van der Waals surface area (Å²) < 4.78 is 1.51. The fraction of sp³-hybridized carbons (Fsp3) is 0.0714. The van der Waals surface area contributed by atoms with Gasteiger partial charge in [0.2, 0.25) is 0 Å². The summed E-state index contributed by atoms with van der Waals surface area (Å²) in [7, 11) is 0. The van der Waals surface area contributed by atoms with E-state index < -0.39 is 0 Å². The molecule has 2 N–H and O–H groups in total. The van der Waals surface area contributed by atoms with Gasteiger partial charge < -0.3 is 5.11 Å². The molecule has 0 saturated carbocycles. The molecule has 0 aliphatic carbocycles. The molecule has 0 radical (unpaired) electrons. The van der Waals surface area contributed by atoms with Crippen LogP contribution in [0.25, 0.3) is 0 Å². The highest BCUT2D eigenvalue weighted by molar-refractivity contribution is 9.11. The lowest BCUT2D eigenvalue weighted by Crippen LogP contribution is -2.00. The second-order valence-corrected chi connectivity index (χ2v) is 5.73. The number of halogens is 2. The number of benzene rings is 2. The molecule has 0 unspecified atom stereocenters. The van der Waals surface area contributed by atoms with Crippen LogP contribution in [-0.2, 0) is 0 Å². The molecule has 0 amide bonds. The Bertz CT molecular complexity index is 612. The monoisotopic (exact) mass is 382 g/mol. The van der Waals surface area contributed by atoms with Crippen molar-refractivity contribution in [3.63, 3.8) is 0 Å². The van der Waals surface area contributed by atoms with Gasteiger partial charge in [-0.15, -0.1) is 0 Å². The number of hydrogen-bond donors (Lipinski definition) is 2. The molecule has 2 rings (SSSR count). The van der Waals surface area contributed by atoms with Gasteiger partial charge in [-0.05, 0) is 47.1 Å². The van der Waals surface area contributed by atoms with E-state index in [0.717, 1.165) is 10.2 Å². The highest BCUT2D eigenvalue weighted by Crippen LogP contribution is 2.32. The van der Waals surface area contributed by atoms with Crippen LogP contribution < -0.4 is 5.43 Å². The van der Waals surface area contributed by atoms with Crippen LogP contribution in [0.4, 0.5) is 5.69 Å². The lowest BCUT2D eigenvalue weighted by atomic mass is 10.1. The molecule has 0 atom stereocenters. The summed E-state index contributed by atoms with van der Waals surface area (Å²) in [4.78, 5) is 0. The Morgan fingerprint density at radius 1 is 1.16 bits per heavy atom. The number of hydrogen-bond acceptors (Lipinski definition) is 3. The zero-order valence-corrected chi connectivity index (χ0v) is 13.4. The van der Waals surface area contributed by atoms with Crippen molar-refractivity contribution in [1.82, 2.24) is 0 Å². The number of hydrazone groups is 1. The van der Waals surface area contributed by atoms with E-state index in [1.54, 1.807) is 6.07 Å². The molecule has 0 saturated heterocycles. The third-order valence-electron chi connectivity index (χ3n) is 2.54. The topological polar surface area (TPSA) is 44.6 Å². The lowest BCUT2D eigenvalue weighted by molar-refractivity contribution is 0.470. The van der Waals surface area contributed by atoms with Crippen LogP contribution in [0.3, 0.4) is 0 Å². The molecule has 2 aromatic rings. The van der Waals surface area contributed by atoms with Gasteiger partial charge in [-0.25, -0.2) is 0 Å². The summed E-state index contributed by atoms with van der Waals surface area (Å²) >= 11 is 6.70. The number of rotatable bonds is 3. The molecule has 3 nitrogen and oxygen atoms in total. The number of nitrogens with one attached hydrogen (secondary N) is 1. The van der Waals surface area contributed by atoms with E-state index in [-0.39, 0.29) is 5.75 Å². The Morgan fingerprint density at radius 3 is 2.53 bits per heavy atom. The number of para-hydroxylation sites is 1. The minimum Gasteiger partial charge on any atom is -0.506 e. The molecule has 0 aliphatic heterocycles. The molecule has 2 aromatic carbocycles. The summed E-state index contributed by atoms with van der Waals surface area (Å²) in [6.45, 7) is 1.84. The molecular weight excluding hydrogens is 372 g/mol. The molecule has 0 bridgehead atoms. The van der Waals surface area contributed by atoms with Gasteiger partial charge in [0.1, 0.15) is 5.75 Å². The predicted molar refractivity (Wildman–Crippen MR) is 85.8 cm³/mol. The second kappa shape index (κ2) is 6.21. The first kappa shape index (κ1) is 14.1. The standard InChI is InChI=1S/C14H12Br2N2O/c1-9(17-18-11-5-3-2-4-6-11)12-7-10(15)8-13(16)14(12)19/h2-8,18-19H,1H3. The Labute approximate surface area is 128 Å². The quantitative estimate of drug-likeness (QED) is 0.593. The van der Waals surface area contributed by atoms with Gasteiger partial charge in [0.05, 0.1) is 15.9 Å². The normalized spacial score (nSPS) is 11.4. The average Bonchev–Trinajstić information content (AvgIpc) is 2.41. The zero-order valence-electron chi connectivity index (χ0n) is 10.2. The predicted octanol–water partition coefficient (Wildman–Crippen LogP) is 4.75. The van der Waals surface area contributed by atoms with Crippen molar-refractivity contribution in [3.05, 3.63) is 57.0 Å². The van der Waals surface area contributed by atoms with Crippen LogP contribution in [0.2, 0.25) is 0 Å². The fourth-order valence-electron chi connectivity index (χ4n) is 1.56. The number of anilines is 1. The van der Waals surface area contributed by atoms with E-state index in [1.165, 1.54) is 0 Å². The van der Waals surface area contributed by atoms with E-state index in [0.29, 0.717) is 15.7 Å². The summed E-state index contributed by atoms with van der Waals surface area (Å²) in [5.41, 5.74) is 5.22. The minimum absolute atomic E-state index is 0.180. The Morgan fingerprint density at radius 2 is 1.84 bits per heavy atom. The highest BCUT2D eigenvalue weighted by atomic mass is 79.9. The smallest absolute Gasteiger partial charge is 0.138 e. The molecular formula is C14H12Br2N2O.